The minimum Gasteiger partial charge on any atom is -0.362 e. The Hall–Kier alpha value is -2.90. The van der Waals surface area contributed by atoms with E-state index in [9.17, 15) is 9.18 Å². The van der Waals surface area contributed by atoms with E-state index in [2.05, 4.69) is 20.9 Å². The predicted octanol–water partition coefficient (Wildman–Crippen LogP) is 4.41. The lowest BCUT2D eigenvalue weighted by Crippen LogP contribution is -2.42. The van der Waals surface area contributed by atoms with Gasteiger partial charge in [0, 0.05) is 31.7 Å². The third kappa shape index (κ3) is 5.29. The van der Waals surface area contributed by atoms with Crippen LogP contribution in [0.1, 0.15) is 55.3 Å². The molecule has 172 valence electrons. The van der Waals surface area contributed by atoms with Crippen LogP contribution in [-0.4, -0.2) is 42.2 Å². The van der Waals surface area contributed by atoms with Crippen LogP contribution < -0.4 is 20.9 Å². The van der Waals surface area contributed by atoms with Crippen LogP contribution in [0.2, 0.25) is 0 Å². The topological polar surface area (TPSA) is 82.2 Å². The van der Waals surface area contributed by atoms with Gasteiger partial charge in [-0.3, -0.25) is 0 Å². The number of benzene rings is 1. The molecule has 1 saturated carbocycles. The van der Waals surface area contributed by atoms with Crippen molar-refractivity contribution in [3.05, 3.63) is 40.8 Å². The third-order valence-electron chi connectivity index (χ3n) is 6.35. The molecule has 2 aromatic rings. The average Bonchev–Trinajstić information content (AvgIpc) is 2.77. The van der Waals surface area contributed by atoms with Crippen LogP contribution in [0.15, 0.2) is 18.2 Å². The zero-order valence-corrected chi connectivity index (χ0v) is 19.2. The predicted molar refractivity (Wildman–Crippen MR) is 126 cm³/mol. The maximum Gasteiger partial charge on any atom is 0.319 e. The van der Waals surface area contributed by atoms with Gasteiger partial charge in [-0.05, 0) is 76.0 Å². The number of amides is 2. The Morgan fingerprint density at radius 1 is 1.06 bits per heavy atom. The summed E-state index contributed by atoms with van der Waals surface area (Å²) in [4.78, 5) is 24.0. The highest BCUT2D eigenvalue weighted by molar-refractivity contribution is 5.89. The standard InChI is InChI=1S/C24H33FN6O/c1-15-8-13-19(25)21(14-15)29-24(32)27-17-11-9-16(10-12-17)26-23-28-20-7-5-4-6-18(20)22(30-23)31(2)3/h8,13-14,16-17H,4-7,9-12H2,1-3H3,(H,26,28,30)(H2,27,29,32)/t16-,17+. The molecular formula is C24H33FN6O. The van der Waals surface area contributed by atoms with Crippen molar-refractivity contribution in [3.63, 3.8) is 0 Å². The number of anilines is 3. The molecule has 32 heavy (non-hydrogen) atoms. The lowest BCUT2D eigenvalue weighted by molar-refractivity contribution is 0.243. The molecule has 2 aliphatic rings. The van der Waals surface area contributed by atoms with Gasteiger partial charge >= 0.3 is 6.03 Å². The molecule has 1 aromatic carbocycles. The van der Waals surface area contributed by atoms with Crippen molar-refractivity contribution in [2.24, 2.45) is 0 Å². The fourth-order valence-electron chi connectivity index (χ4n) is 4.65. The minimum atomic E-state index is -0.430. The molecule has 3 N–H and O–H groups in total. The molecule has 0 aliphatic heterocycles. The Morgan fingerprint density at radius 2 is 1.78 bits per heavy atom. The second kappa shape index (κ2) is 9.71. The first kappa shape index (κ1) is 22.3. The van der Waals surface area contributed by atoms with Crippen LogP contribution in [0.4, 0.5) is 26.6 Å². The van der Waals surface area contributed by atoms with Crippen molar-refractivity contribution < 1.29 is 9.18 Å². The van der Waals surface area contributed by atoms with Gasteiger partial charge in [-0.15, -0.1) is 0 Å². The van der Waals surface area contributed by atoms with E-state index in [-0.39, 0.29) is 23.8 Å². The normalized spacial score (nSPS) is 20.2. The molecule has 1 heterocycles. The molecule has 8 heteroatoms. The zero-order chi connectivity index (χ0) is 22.7. The van der Waals surface area contributed by atoms with E-state index in [1.807, 2.05) is 21.0 Å². The van der Waals surface area contributed by atoms with Gasteiger partial charge in [0.15, 0.2) is 0 Å². The van der Waals surface area contributed by atoms with Crippen LogP contribution in [0, 0.1) is 12.7 Å². The Morgan fingerprint density at radius 3 is 2.53 bits per heavy atom. The number of carbonyl (C=O) groups excluding carboxylic acids is 1. The summed E-state index contributed by atoms with van der Waals surface area (Å²) < 4.78 is 13.9. The van der Waals surface area contributed by atoms with Crippen LogP contribution in [0.3, 0.4) is 0 Å². The van der Waals surface area contributed by atoms with Crippen molar-refractivity contribution >= 4 is 23.5 Å². The molecule has 0 bridgehead atoms. The molecule has 2 amide bonds. The third-order valence-corrected chi connectivity index (χ3v) is 6.35. The smallest absolute Gasteiger partial charge is 0.319 e. The van der Waals surface area contributed by atoms with Crippen LogP contribution in [0.5, 0.6) is 0 Å². The van der Waals surface area contributed by atoms with Gasteiger partial charge in [-0.1, -0.05) is 6.07 Å². The van der Waals surface area contributed by atoms with Crippen LogP contribution >= 0.6 is 0 Å². The summed E-state index contributed by atoms with van der Waals surface area (Å²) in [7, 11) is 4.07. The molecule has 0 spiro atoms. The van der Waals surface area contributed by atoms with Gasteiger partial charge in [-0.2, -0.15) is 4.98 Å². The second-order valence-corrected chi connectivity index (χ2v) is 9.17. The molecule has 0 unspecified atom stereocenters. The monoisotopic (exact) mass is 440 g/mol. The molecule has 1 fully saturated rings. The number of hydrogen-bond donors (Lipinski definition) is 3. The minimum absolute atomic E-state index is 0.0720. The molecular weight excluding hydrogens is 407 g/mol. The van der Waals surface area contributed by atoms with E-state index in [0.29, 0.717) is 5.95 Å². The van der Waals surface area contributed by atoms with Crippen molar-refractivity contribution in [2.45, 2.75) is 70.4 Å². The summed E-state index contributed by atoms with van der Waals surface area (Å²) in [6, 6.07) is 4.67. The van der Waals surface area contributed by atoms with Gasteiger partial charge in [0.2, 0.25) is 5.95 Å². The largest absolute Gasteiger partial charge is 0.362 e. The summed E-state index contributed by atoms with van der Waals surface area (Å²) >= 11 is 0. The summed E-state index contributed by atoms with van der Waals surface area (Å²) in [6.07, 6.45) is 7.99. The van der Waals surface area contributed by atoms with Crippen molar-refractivity contribution in [3.8, 4) is 0 Å². The quantitative estimate of drug-likeness (QED) is 0.641. The molecule has 2 aliphatic carbocycles. The molecule has 4 rings (SSSR count). The summed E-state index contributed by atoms with van der Waals surface area (Å²) in [6.45, 7) is 1.87. The molecule has 7 nitrogen and oxygen atoms in total. The first-order valence-electron chi connectivity index (χ1n) is 11.6. The van der Waals surface area contributed by atoms with E-state index in [1.165, 1.54) is 30.2 Å². The van der Waals surface area contributed by atoms with E-state index in [0.717, 1.165) is 49.9 Å². The maximum atomic E-state index is 13.9. The lowest BCUT2D eigenvalue weighted by Gasteiger charge is -2.30. The Labute approximate surface area is 189 Å². The molecule has 0 saturated heterocycles. The molecule has 0 radical (unpaired) electrons. The summed E-state index contributed by atoms with van der Waals surface area (Å²) in [5.74, 6) is 1.30. The number of halogens is 1. The summed E-state index contributed by atoms with van der Waals surface area (Å²) in [5, 5.41) is 9.14. The lowest BCUT2D eigenvalue weighted by atomic mass is 9.91. The number of fused-ring (bicyclic) bond motifs is 1. The van der Waals surface area contributed by atoms with Crippen LogP contribution in [-0.2, 0) is 12.8 Å². The van der Waals surface area contributed by atoms with Crippen molar-refractivity contribution in [1.29, 1.82) is 0 Å². The fourth-order valence-corrected chi connectivity index (χ4v) is 4.65. The van der Waals surface area contributed by atoms with Crippen LogP contribution in [0.25, 0.3) is 0 Å². The van der Waals surface area contributed by atoms with Crippen molar-refractivity contribution in [2.75, 3.05) is 29.6 Å². The number of nitrogens with one attached hydrogen (secondary N) is 3. The Bertz CT molecular complexity index is 971. The first-order valence-corrected chi connectivity index (χ1v) is 11.6. The first-order chi connectivity index (χ1) is 15.4. The highest BCUT2D eigenvalue weighted by atomic mass is 19.1. The number of hydrogen-bond acceptors (Lipinski definition) is 5. The number of aryl methyl sites for hydroxylation is 2. The highest BCUT2D eigenvalue weighted by Crippen LogP contribution is 2.29. The molecule has 1 aromatic heterocycles. The van der Waals surface area contributed by atoms with Gasteiger partial charge in [0.25, 0.3) is 0 Å². The van der Waals surface area contributed by atoms with E-state index < -0.39 is 5.82 Å². The Balaban J connectivity index is 1.31. The van der Waals surface area contributed by atoms with E-state index >= 15 is 0 Å². The van der Waals surface area contributed by atoms with Gasteiger partial charge < -0.3 is 20.9 Å². The van der Waals surface area contributed by atoms with Gasteiger partial charge in [-0.25, -0.2) is 14.2 Å². The van der Waals surface area contributed by atoms with Gasteiger partial charge in [0.1, 0.15) is 11.6 Å². The highest BCUT2D eigenvalue weighted by Gasteiger charge is 2.25. The number of aromatic nitrogens is 2. The number of carbonyl (C=O) groups is 1. The number of rotatable bonds is 5. The average molecular weight is 441 g/mol. The number of urea groups is 1. The van der Waals surface area contributed by atoms with E-state index in [4.69, 9.17) is 9.97 Å². The van der Waals surface area contributed by atoms with Crippen molar-refractivity contribution in [1.82, 2.24) is 15.3 Å². The zero-order valence-electron chi connectivity index (χ0n) is 19.2. The fraction of sp³-hybridized carbons (Fsp3) is 0.542. The SMILES string of the molecule is Cc1ccc(F)c(NC(=O)N[C@H]2CC[C@@H](Nc3nc4c(c(N(C)C)n3)CCCC4)CC2)c1. The van der Waals surface area contributed by atoms with E-state index in [1.54, 1.807) is 12.1 Å². The second-order valence-electron chi connectivity index (χ2n) is 9.17. The maximum absolute atomic E-state index is 13.9. The van der Waals surface area contributed by atoms with Gasteiger partial charge in [0.05, 0.1) is 11.4 Å². The number of nitrogens with zero attached hydrogens (tertiary/aromatic N) is 3. The molecule has 0 atom stereocenters. The Kier molecular flexibility index (Phi) is 6.77. The summed E-state index contributed by atoms with van der Waals surface area (Å²) in [5.41, 5.74) is 3.57.